The van der Waals surface area contributed by atoms with E-state index in [2.05, 4.69) is 4.98 Å². The number of carbonyl (C=O) groups excluding carboxylic acids is 1. The van der Waals surface area contributed by atoms with Crippen LogP contribution in [-0.2, 0) is 24.9 Å². The molecule has 0 fully saturated rings. The Labute approximate surface area is 203 Å². The average Bonchev–Trinajstić information content (AvgIpc) is 3.19. The second-order valence-corrected chi connectivity index (χ2v) is 8.25. The van der Waals surface area contributed by atoms with E-state index >= 15 is 0 Å². The van der Waals surface area contributed by atoms with Crippen molar-refractivity contribution < 1.29 is 14.3 Å². The van der Waals surface area contributed by atoms with Crippen LogP contribution in [0.4, 0.5) is 0 Å². The zero-order chi connectivity index (χ0) is 25.3. The summed E-state index contributed by atoms with van der Waals surface area (Å²) >= 11 is 0. The lowest BCUT2D eigenvalue weighted by molar-refractivity contribution is -0.140. The fourth-order valence-electron chi connectivity index (χ4n) is 4.31. The minimum absolute atomic E-state index is 0.0841. The van der Waals surface area contributed by atoms with Crippen molar-refractivity contribution in [2.24, 2.45) is 7.05 Å². The Morgan fingerprint density at radius 3 is 2.46 bits per heavy atom. The zero-order valence-corrected chi connectivity index (χ0v) is 20.8. The number of aromatic nitrogens is 4. The summed E-state index contributed by atoms with van der Waals surface area (Å²) in [4.78, 5) is 44.4. The number of hydrogen-bond donors (Lipinski definition) is 0. The van der Waals surface area contributed by atoms with Gasteiger partial charge in [0, 0.05) is 33.2 Å². The summed E-state index contributed by atoms with van der Waals surface area (Å²) in [6.45, 7) is 9.59. The molecule has 0 spiro atoms. The van der Waals surface area contributed by atoms with Crippen LogP contribution in [-0.4, -0.2) is 55.3 Å². The molecule has 0 saturated heterocycles. The topological polar surface area (TPSA) is 101 Å². The van der Waals surface area contributed by atoms with Gasteiger partial charge in [-0.3, -0.25) is 18.7 Å². The van der Waals surface area contributed by atoms with Crippen LogP contribution in [0.3, 0.4) is 0 Å². The Morgan fingerprint density at radius 2 is 1.80 bits per heavy atom. The van der Waals surface area contributed by atoms with Gasteiger partial charge in [-0.2, -0.15) is 0 Å². The third-order valence-corrected chi connectivity index (χ3v) is 6.31. The quantitative estimate of drug-likeness (QED) is 0.512. The van der Waals surface area contributed by atoms with Gasteiger partial charge < -0.3 is 18.9 Å². The standard InChI is InChI=1S/C25H31N5O5/c1-6-28(7-2)23(31)19-15-34-18-14-16(10-12-17(18)35-19)11-13-20-26-22-21(27(20)5)24(32)30(9-4)25(33)29(22)8-3/h10-14,19H,6-9,15H2,1-5H3/b13-11+. The number of carbonyl (C=O) groups is 1. The number of rotatable bonds is 7. The molecule has 0 aliphatic carbocycles. The van der Waals surface area contributed by atoms with Crippen molar-refractivity contribution in [3.63, 3.8) is 0 Å². The van der Waals surface area contributed by atoms with E-state index in [4.69, 9.17) is 9.47 Å². The fourth-order valence-corrected chi connectivity index (χ4v) is 4.31. The molecular formula is C25H31N5O5. The number of imidazole rings is 1. The summed E-state index contributed by atoms with van der Waals surface area (Å²) < 4.78 is 16.2. The molecule has 1 amide bonds. The Balaban J connectivity index is 1.62. The fraction of sp³-hybridized carbons (Fsp3) is 0.440. The van der Waals surface area contributed by atoms with Gasteiger partial charge in [-0.25, -0.2) is 9.78 Å². The van der Waals surface area contributed by atoms with Gasteiger partial charge in [0.15, 0.2) is 22.7 Å². The molecule has 3 aromatic rings. The van der Waals surface area contributed by atoms with E-state index in [0.717, 1.165) is 5.56 Å². The van der Waals surface area contributed by atoms with Crippen molar-refractivity contribution in [1.82, 2.24) is 23.6 Å². The molecule has 1 unspecified atom stereocenters. The summed E-state index contributed by atoms with van der Waals surface area (Å²) in [5, 5.41) is 0. The number of ether oxygens (including phenoxy) is 2. The Kier molecular flexibility index (Phi) is 6.81. The summed E-state index contributed by atoms with van der Waals surface area (Å²) in [5.41, 5.74) is 0.900. The number of amides is 1. The predicted molar refractivity (Wildman–Crippen MR) is 134 cm³/mol. The number of fused-ring (bicyclic) bond motifs is 2. The molecule has 35 heavy (non-hydrogen) atoms. The number of nitrogens with zero attached hydrogens (tertiary/aromatic N) is 5. The molecule has 4 rings (SSSR count). The Hall–Kier alpha value is -3.82. The lowest BCUT2D eigenvalue weighted by Gasteiger charge is -2.29. The molecule has 186 valence electrons. The van der Waals surface area contributed by atoms with Gasteiger partial charge in [0.2, 0.25) is 6.10 Å². The van der Waals surface area contributed by atoms with Gasteiger partial charge in [-0.15, -0.1) is 0 Å². The van der Waals surface area contributed by atoms with Gasteiger partial charge in [-0.1, -0.05) is 12.1 Å². The highest BCUT2D eigenvalue weighted by Gasteiger charge is 2.30. The lowest BCUT2D eigenvalue weighted by atomic mass is 10.1. The maximum Gasteiger partial charge on any atom is 0.332 e. The first-order chi connectivity index (χ1) is 16.8. The molecular weight excluding hydrogens is 450 g/mol. The van der Waals surface area contributed by atoms with Crippen LogP contribution < -0.4 is 20.7 Å². The smallest absolute Gasteiger partial charge is 0.332 e. The van der Waals surface area contributed by atoms with Crippen molar-refractivity contribution in [3.05, 3.63) is 50.4 Å². The van der Waals surface area contributed by atoms with E-state index in [1.165, 1.54) is 9.13 Å². The molecule has 10 nitrogen and oxygen atoms in total. The van der Waals surface area contributed by atoms with Gasteiger partial charge in [-0.05, 0) is 51.5 Å². The first-order valence-electron chi connectivity index (χ1n) is 11.9. The molecule has 0 saturated carbocycles. The monoisotopic (exact) mass is 481 g/mol. The summed E-state index contributed by atoms with van der Waals surface area (Å²) in [6.07, 6.45) is 2.98. The first kappa shape index (κ1) is 24.3. The Bertz CT molecular complexity index is 1410. The molecule has 10 heteroatoms. The molecule has 1 atom stereocenters. The second kappa shape index (κ2) is 9.81. The van der Waals surface area contributed by atoms with Crippen LogP contribution in [0.5, 0.6) is 11.5 Å². The predicted octanol–water partition coefficient (Wildman–Crippen LogP) is 2.12. The molecule has 0 N–H and O–H groups in total. The van der Waals surface area contributed by atoms with Crippen molar-refractivity contribution >= 4 is 29.2 Å². The van der Waals surface area contributed by atoms with Crippen molar-refractivity contribution in [2.45, 2.75) is 46.9 Å². The van der Waals surface area contributed by atoms with E-state index in [-0.39, 0.29) is 23.8 Å². The molecule has 1 aliphatic heterocycles. The van der Waals surface area contributed by atoms with Gasteiger partial charge >= 0.3 is 5.69 Å². The average molecular weight is 482 g/mol. The zero-order valence-electron chi connectivity index (χ0n) is 20.8. The summed E-state index contributed by atoms with van der Waals surface area (Å²) in [6, 6.07) is 5.47. The van der Waals surface area contributed by atoms with Crippen LogP contribution in [0.15, 0.2) is 27.8 Å². The number of benzene rings is 1. The normalized spacial score (nSPS) is 15.2. The molecule has 1 aliphatic rings. The third-order valence-electron chi connectivity index (χ3n) is 6.31. The largest absolute Gasteiger partial charge is 0.485 e. The highest BCUT2D eigenvalue weighted by molar-refractivity contribution is 5.82. The second-order valence-electron chi connectivity index (χ2n) is 8.25. The Morgan fingerprint density at radius 1 is 1.09 bits per heavy atom. The highest BCUT2D eigenvalue weighted by atomic mass is 16.6. The summed E-state index contributed by atoms with van der Waals surface area (Å²) in [5.74, 6) is 1.55. The molecule has 0 bridgehead atoms. The van der Waals surface area contributed by atoms with Gasteiger partial charge in [0.05, 0.1) is 0 Å². The number of hydrogen-bond acceptors (Lipinski definition) is 6. The van der Waals surface area contributed by atoms with E-state index in [1.54, 1.807) is 35.6 Å². The summed E-state index contributed by atoms with van der Waals surface area (Å²) in [7, 11) is 1.76. The maximum absolute atomic E-state index is 12.9. The van der Waals surface area contributed by atoms with Crippen LogP contribution in [0.2, 0.25) is 0 Å². The molecule has 1 aromatic carbocycles. The van der Waals surface area contributed by atoms with Crippen LogP contribution in [0.1, 0.15) is 39.1 Å². The highest BCUT2D eigenvalue weighted by Crippen LogP contribution is 2.33. The van der Waals surface area contributed by atoms with Crippen LogP contribution >= 0.6 is 0 Å². The van der Waals surface area contributed by atoms with Crippen LogP contribution in [0, 0.1) is 0 Å². The van der Waals surface area contributed by atoms with Gasteiger partial charge in [0.25, 0.3) is 11.5 Å². The molecule has 3 heterocycles. The lowest BCUT2D eigenvalue weighted by Crippen LogP contribution is -2.46. The minimum Gasteiger partial charge on any atom is -0.485 e. The molecule has 0 radical (unpaired) electrons. The van der Waals surface area contributed by atoms with E-state index < -0.39 is 6.10 Å². The number of likely N-dealkylation sites (N-methyl/N-ethyl adjacent to an activating group) is 1. The first-order valence-corrected chi connectivity index (χ1v) is 11.9. The van der Waals surface area contributed by atoms with E-state index in [9.17, 15) is 14.4 Å². The molecule has 2 aromatic heterocycles. The third kappa shape index (κ3) is 4.24. The van der Waals surface area contributed by atoms with Crippen molar-refractivity contribution in [2.75, 3.05) is 19.7 Å². The van der Waals surface area contributed by atoms with E-state index in [1.807, 2.05) is 39.0 Å². The SMILES string of the molecule is CCN(CC)C(=O)C1COc2cc(/C=C/c3nc4c(c(=O)n(CC)c(=O)n4CC)n3C)ccc2O1. The van der Waals surface area contributed by atoms with Crippen LogP contribution in [0.25, 0.3) is 23.3 Å². The van der Waals surface area contributed by atoms with Crippen molar-refractivity contribution in [3.8, 4) is 11.5 Å². The van der Waals surface area contributed by atoms with Gasteiger partial charge in [0.1, 0.15) is 12.4 Å². The maximum atomic E-state index is 12.9. The van der Waals surface area contributed by atoms with Crippen molar-refractivity contribution in [1.29, 1.82) is 0 Å². The number of aryl methyl sites for hydroxylation is 2. The van der Waals surface area contributed by atoms with E-state index in [0.29, 0.717) is 54.7 Å². The minimum atomic E-state index is -0.660.